The summed E-state index contributed by atoms with van der Waals surface area (Å²) in [6.07, 6.45) is 14.7. The van der Waals surface area contributed by atoms with Crippen LogP contribution in [-0.4, -0.2) is 27.5 Å². The van der Waals surface area contributed by atoms with Crippen LogP contribution in [0.4, 0.5) is 0 Å². The zero-order valence-electron chi connectivity index (χ0n) is 22.7. The largest absolute Gasteiger partial charge is 0.463 e. The van der Waals surface area contributed by atoms with Gasteiger partial charge in [-0.1, -0.05) is 55.7 Å². The zero-order chi connectivity index (χ0) is 24.8. The van der Waals surface area contributed by atoms with E-state index in [1.807, 2.05) is 13.8 Å². The van der Waals surface area contributed by atoms with Crippen LogP contribution in [0.5, 0.6) is 0 Å². The molecule has 184 valence electrons. The summed E-state index contributed by atoms with van der Waals surface area (Å²) < 4.78 is 11.5. The number of carbonyl (C=O) groups excluding carboxylic acids is 1. The van der Waals surface area contributed by atoms with Crippen LogP contribution in [0.15, 0.2) is 46.6 Å². The van der Waals surface area contributed by atoms with Gasteiger partial charge in [0.25, 0.3) is 0 Å². The van der Waals surface area contributed by atoms with E-state index in [-0.39, 0.29) is 11.0 Å². The Morgan fingerprint density at radius 1 is 0.844 bits per heavy atom. The molecule has 3 nitrogen and oxygen atoms in total. The number of hydrogen-bond acceptors (Lipinski definition) is 3. The van der Waals surface area contributed by atoms with Gasteiger partial charge < -0.3 is 9.16 Å². The molecule has 0 amide bonds. The van der Waals surface area contributed by atoms with Crippen molar-refractivity contribution in [2.24, 2.45) is 0 Å². The molecule has 0 radical (unpaired) electrons. The number of hydrogen-bond donors (Lipinski definition) is 0. The number of rotatable bonds is 14. The van der Waals surface area contributed by atoms with Crippen molar-refractivity contribution in [3.63, 3.8) is 0 Å². The highest BCUT2D eigenvalue weighted by molar-refractivity contribution is 6.74. The molecule has 0 spiro atoms. The fourth-order valence-corrected chi connectivity index (χ4v) is 3.86. The average molecular weight is 463 g/mol. The number of carbonyl (C=O) groups is 1. The van der Waals surface area contributed by atoms with Crippen LogP contribution in [0.3, 0.4) is 0 Å². The minimum atomic E-state index is -1.78. The lowest BCUT2D eigenvalue weighted by Gasteiger charge is -2.36. The van der Waals surface area contributed by atoms with Gasteiger partial charge >= 0.3 is 5.97 Å². The summed E-state index contributed by atoms with van der Waals surface area (Å²) in [6, 6.07) is 0. The molecule has 0 fully saturated rings. The maximum atomic E-state index is 11.6. The molecule has 32 heavy (non-hydrogen) atoms. The second kappa shape index (κ2) is 15.4. The van der Waals surface area contributed by atoms with E-state index in [9.17, 15) is 4.79 Å². The molecule has 0 aliphatic carbocycles. The van der Waals surface area contributed by atoms with Crippen LogP contribution >= 0.6 is 0 Å². The lowest BCUT2D eigenvalue weighted by Crippen LogP contribution is -2.41. The highest BCUT2D eigenvalue weighted by Crippen LogP contribution is 2.37. The Morgan fingerprint density at radius 2 is 1.41 bits per heavy atom. The molecule has 0 heterocycles. The van der Waals surface area contributed by atoms with E-state index in [0.717, 1.165) is 44.1 Å². The van der Waals surface area contributed by atoms with Crippen LogP contribution in [0.25, 0.3) is 0 Å². The van der Waals surface area contributed by atoms with E-state index in [1.54, 1.807) is 6.08 Å². The second-order valence-corrected chi connectivity index (χ2v) is 15.4. The van der Waals surface area contributed by atoms with Crippen molar-refractivity contribution in [1.82, 2.24) is 0 Å². The van der Waals surface area contributed by atoms with Crippen LogP contribution < -0.4 is 0 Å². The van der Waals surface area contributed by atoms with E-state index >= 15 is 0 Å². The van der Waals surface area contributed by atoms with Crippen LogP contribution in [0, 0.1) is 0 Å². The van der Waals surface area contributed by atoms with Crippen LogP contribution in [0.2, 0.25) is 18.1 Å². The first-order valence-corrected chi connectivity index (χ1v) is 15.1. The fourth-order valence-electron chi connectivity index (χ4n) is 2.88. The molecule has 0 rings (SSSR count). The molecule has 0 bridgehead atoms. The highest BCUT2D eigenvalue weighted by atomic mass is 28.4. The first-order chi connectivity index (χ1) is 14.8. The maximum Gasteiger partial charge on any atom is 0.330 e. The van der Waals surface area contributed by atoms with Gasteiger partial charge in [0.2, 0.25) is 0 Å². The van der Waals surface area contributed by atoms with Gasteiger partial charge in [-0.2, -0.15) is 0 Å². The summed E-state index contributed by atoms with van der Waals surface area (Å²) in [6.45, 7) is 23.0. The van der Waals surface area contributed by atoms with E-state index in [2.05, 4.69) is 72.9 Å². The molecule has 0 aromatic rings. The molecule has 0 N–H and O–H groups in total. The van der Waals surface area contributed by atoms with Gasteiger partial charge in [-0.3, -0.25) is 0 Å². The van der Waals surface area contributed by atoms with Gasteiger partial charge in [0.05, 0.1) is 13.2 Å². The Labute approximate surface area is 200 Å². The second-order valence-electron chi connectivity index (χ2n) is 10.6. The van der Waals surface area contributed by atoms with Gasteiger partial charge in [0, 0.05) is 6.08 Å². The van der Waals surface area contributed by atoms with Crippen molar-refractivity contribution in [2.45, 2.75) is 112 Å². The first-order valence-electron chi connectivity index (χ1n) is 12.2. The number of esters is 1. The van der Waals surface area contributed by atoms with Crippen molar-refractivity contribution in [3.05, 3.63) is 46.6 Å². The lowest BCUT2D eigenvalue weighted by molar-refractivity contribution is -0.137. The summed E-state index contributed by atoms with van der Waals surface area (Å²) in [7, 11) is -1.78. The smallest absolute Gasteiger partial charge is 0.330 e. The van der Waals surface area contributed by atoms with Crippen LogP contribution in [0.1, 0.15) is 93.9 Å². The van der Waals surface area contributed by atoms with Crippen molar-refractivity contribution in [2.75, 3.05) is 13.2 Å². The minimum absolute atomic E-state index is 0.207. The van der Waals surface area contributed by atoms with Crippen molar-refractivity contribution in [3.8, 4) is 0 Å². The quantitative estimate of drug-likeness (QED) is 0.112. The molecule has 0 unspecified atom stereocenters. The maximum absolute atomic E-state index is 11.6. The Hall–Kier alpha value is -1.39. The normalized spacial score (nSPS) is 13.9. The summed E-state index contributed by atoms with van der Waals surface area (Å²) in [5, 5.41) is 0.207. The molecular weight excluding hydrogens is 412 g/mol. The first kappa shape index (κ1) is 30.6. The Morgan fingerprint density at radius 3 is 1.97 bits per heavy atom. The SMILES string of the molecule is CCOC(=O)/C=C(\C)CC/C=C(/CC/C=C(\C)CCC=C(C)C)CO[Si](C)(C)C(C)(C)C. The molecule has 0 aromatic heterocycles. The molecule has 0 saturated carbocycles. The predicted molar refractivity (Wildman–Crippen MR) is 143 cm³/mol. The summed E-state index contributed by atoms with van der Waals surface area (Å²) in [4.78, 5) is 11.6. The van der Waals surface area contributed by atoms with Crippen molar-refractivity contribution < 1.29 is 14.0 Å². The molecule has 0 atom stereocenters. The topological polar surface area (TPSA) is 35.5 Å². The molecule has 0 aliphatic heterocycles. The van der Waals surface area contributed by atoms with Gasteiger partial charge in [-0.05, 0) is 96.8 Å². The Bertz CT molecular complexity index is 684. The van der Waals surface area contributed by atoms with Gasteiger partial charge in [0.1, 0.15) is 0 Å². The standard InChI is InChI=1S/C28H50O3Si/c1-11-30-27(29)21-25(5)18-14-20-26(22-31-32(9,10)28(6,7)8)19-13-17-24(4)16-12-15-23(2)3/h15,17,20-21H,11-14,16,18-19,22H2,1-10H3/b24-17+,25-21+,26-20-. The fraction of sp³-hybridized carbons (Fsp3) is 0.679. The predicted octanol–water partition coefficient (Wildman–Crippen LogP) is 8.70. The monoisotopic (exact) mass is 462 g/mol. The van der Waals surface area contributed by atoms with Crippen LogP contribution in [-0.2, 0) is 14.0 Å². The Kier molecular flexibility index (Phi) is 14.8. The molecular formula is C28H50O3Si. The molecule has 0 aliphatic rings. The molecule has 0 saturated heterocycles. The lowest BCUT2D eigenvalue weighted by atomic mass is 10.0. The third-order valence-electron chi connectivity index (χ3n) is 6.10. The highest BCUT2D eigenvalue weighted by Gasteiger charge is 2.37. The third kappa shape index (κ3) is 14.6. The van der Waals surface area contributed by atoms with E-state index in [1.165, 1.54) is 16.7 Å². The van der Waals surface area contributed by atoms with Crippen molar-refractivity contribution in [1.29, 1.82) is 0 Å². The minimum Gasteiger partial charge on any atom is -0.463 e. The summed E-state index contributed by atoms with van der Waals surface area (Å²) in [5.74, 6) is -0.246. The van der Waals surface area contributed by atoms with Gasteiger partial charge in [0.15, 0.2) is 8.32 Å². The Balaban J connectivity index is 5.05. The summed E-state index contributed by atoms with van der Waals surface area (Å²) >= 11 is 0. The van der Waals surface area contributed by atoms with Gasteiger partial charge in [-0.15, -0.1) is 0 Å². The van der Waals surface area contributed by atoms with E-state index in [4.69, 9.17) is 9.16 Å². The summed E-state index contributed by atoms with van der Waals surface area (Å²) in [5.41, 5.74) is 5.27. The number of ether oxygens (including phenoxy) is 1. The van der Waals surface area contributed by atoms with Gasteiger partial charge in [-0.25, -0.2) is 4.79 Å². The number of allylic oxidation sites excluding steroid dienone is 6. The molecule has 4 heteroatoms. The zero-order valence-corrected chi connectivity index (χ0v) is 23.7. The third-order valence-corrected chi connectivity index (χ3v) is 10.6. The van der Waals surface area contributed by atoms with Crippen molar-refractivity contribution >= 4 is 14.3 Å². The van der Waals surface area contributed by atoms with E-state index in [0.29, 0.717) is 13.2 Å². The average Bonchev–Trinajstić information content (AvgIpc) is 2.64. The molecule has 0 aromatic carbocycles. The van der Waals surface area contributed by atoms with E-state index < -0.39 is 8.32 Å².